The predicted octanol–water partition coefficient (Wildman–Crippen LogP) is 4.23. The molecule has 27 heavy (non-hydrogen) atoms. The average Bonchev–Trinajstić information content (AvgIpc) is 2.71. The predicted molar refractivity (Wildman–Crippen MR) is 119 cm³/mol. The molecule has 0 spiro atoms. The number of hydrogen-bond donors (Lipinski definition) is 0. The topological polar surface area (TPSA) is 49.8 Å². The van der Waals surface area contributed by atoms with Gasteiger partial charge in [0.2, 0.25) is 0 Å². The summed E-state index contributed by atoms with van der Waals surface area (Å²) in [5.74, 6) is 0. The van der Waals surface area contributed by atoms with Gasteiger partial charge in [-0.2, -0.15) is 0 Å². The van der Waals surface area contributed by atoms with Crippen molar-refractivity contribution in [3.05, 3.63) is 0 Å². The van der Waals surface area contributed by atoms with Crippen LogP contribution in [0.1, 0.15) is 48.0 Å². The van der Waals surface area contributed by atoms with Crippen molar-refractivity contribution < 1.29 is 13.3 Å². The lowest BCUT2D eigenvalue weighted by Gasteiger charge is -2.48. The molecule has 0 aliphatic heterocycles. The third kappa shape index (κ3) is 6.61. The molecule has 0 bridgehead atoms. The standard InChI is InChI=1S/C18H45N4O3PSi/c1-10-20(11-2)26(21(12-3)13-4,22(14-5)15-6)19-17-16-18-27(23-7,24-8)25-9/h10-18H2,1-9H3. The molecule has 7 nitrogen and oxygen atoms in total. The van der Waals surface area contributed by atoms with Gasteiger partial charge in [0.15, 0.2) is 7.51 Å². The number of rotatable bonds is 16. The quantitative estimate of drug-likeness (QED) is 0.210. The molecule has 0 heterocycles. The Balaban J connectivity index is 5.89. The molecule has 0 aliphatic rings. The summed E-state index contributed by atoms with van der Waals surface area (Å²) in [7, 11) is 0.578. The fourth-order valence-electron chi connectivity index (χ4n) is 3.67. The van der Waals surface area contributed by atoms with Gasteiger partial charge < -0.3 is 13.3 Å². The Kier molecular flexibility index (Phi) is 14.3. The van der Waals surface area contributed by atoms with Crippen molar-refractivity contribution in [2.45, 2.75) is 54.0 Å². The minimum Gasteiger partial charge on any atom is -0.377 e. The normalized spacial score (nSPS) is 13.2. The van der Waals surface area contributed by atoms with E-state index in [1.54, 1.807) is 21.3 Å². The molecule has 9 heteroatoms. The monoisotopic (exact) mass is 424 g/mol. The van der Waals surface area contributed by atoms with Crippen LogP contribution in [0.25, 0.3) is 0 Å². The zero-order valence-corrected chi connectivity index (χ0v) is 21.2. The second-order valence-corrected chi connectivity index (χ2v) is 12.4. The van der Waals surface area contributed by atoms with Gasteiger partial charge in [-0.15, -0.1) is 0 Å². The van der Waals surface area contributed by atoms with E-state index in [0.29, 0.717) is 0 Å². The van der Waals surface area contributed by atoms with E-state index in [0.717, 1.165) is 58.3 Å². The van der Waals surface area contributed by atoms with Gasteiger partial charge in [0.05, 0.1) is 0 Å². The van der Waals surface area contributed by atoms with Gasteiger partial charge in [-0.05, 0) is 6.42 Å². The summed E-state index contributed by atoms with van der Waals surface area (Å²) in [4.78, 5) is 0. The van der Waals surface area contributed by atoms with Gasteiger partial charge in [-0.1, -0.05) is 41.5 Å². The van der Waals surface area contributed by atoms with Crippen LogP contribution in [-0.2, 0) is 13.3 Å². The van der Waals surface area contributed by atoms with Gasteiger partial charge in [0, 0.05) is 73.2 Å². The summed E-state index contributed by atoms with van der Waals surface area (Å²) >= 11 is 0. The fraction of sp³-hybridized carbons (Fsp3) is 1.00. The van der Waals surface area contributed by atoms with Gasteiger partial charge in [-0.3, -0.25) is 4.74 Å². The number of nitrogens with zero attached hydrogens (tertiary/aromatic N) is 4. The van der Waals surface area contributed by atoms with Crippen molar-refractivity contribution in [2.24, 2.45) is 4.74 Å². The Morgan fingerprint density at radius 2 is 1.00 bits per heavy atom. The zero-order chi connectivity index (χ0) is 20.9. The highest BCUT2D eigenvalue weighted by molar-refractivity contribution is 7.59. The van der Waals surface area contributed by atoms with Crippen LogP contribution in [0.4, 0.5) is 0 Å². The van der Waals surface area contributed by atoms with Crippen molar-refractivity contribution in [1.29, 1.82) is 0 Å². The van der Waals surface area contributed by atoms with E-state index in [4.69, 9.17) is 18.0 Å². The third-order valence-electron chi connectivity index (χ3n) is 5.19. The van der Waals surface area contributed by atoms with E-state index in [1.165, 1.54) is 0 Å². The first-order valence-corrected chi connectivity index (χ1v) is 14.0. The molecule has 0 aromatic rings. The number of hydrogen-bond acceptors (Lipinski definition) is 4. The van der Waals surface area contributed by atoms with Crippen molar-refractivity contribution >= 4 is 16.3 Å². The van der Waals surface area contributed by atoms with Crippen LogP contribution in [0, 0.1) is 0 Å². The van der Waals surface area contributed by atoms with Gasteiger partial charge in [0.25, 0.3) is 0 Å². The first kappa shape index (κ1) is 27.2. The smallest absolute Gasteiger partial charge is 0.377 e. The molecule has 0 aromatic heterocycles. The van der Waals surface area contributed by atoms with Crippen LogP contribution in [0.15, 0.2) is 4.74 Å². The lowest BCUT2D eigenvalue weighted by atomic mass is 10.5. The first-order valence-electron chi connectivity index (χ1n) is 10.4. The Morgan fingerprint density at radius 1 is 0.667 bits per heavy atom. The van der Waals surface area contributed by atoms with Gasteiger partial charge in [-0.25, -0.2) is 14.0 Å². The maximum absolute atomic E-state index is 5.57. The van der Waals surface area contributed by atoms with E-state index in [9.17, 15) is 0 Å². The van der Waals surface area contributed by atoms with Crippen LogP contribution in [0.3, 0.4) is 0 Å². The van der Waals surface area contributed by atoms with E-state index >= 15 is 0 Å². The molecule has 0 radical (unpaired) electrons. The summed E-state index contributed by atoms with van der Waals surface area (Å²) < 4.78 is 29.9. The summed E-state index contributed by atoms with van der Waals surface area (Å²) in [6.07, 6.45) is 0.910. The highest BCUT2D eigenvalue weighted by Crippen LogP contribution is 2.59. The summed E-state index contributed by atoms with van der Waals surface area (Å²) in [5.41, 5.74) is 0. The molecular formula is C18H45N4O3PSi. The molecule has 164 valence electrons. The molecule has 0 atom stereocenters. The largest absolute Gasteiger partial charge is 0.500 e. The Bertz CT molecular complexity index is 381. The Hall–Kier alpha value is 0.207. The highest BCUT2D eigenvalue weighted by Gasteiger charge is 2.38. The molecule has 0 rings (SSSR count). The molecule has 0 fully saturated rings. The van der Waals surface area contributed by atoms with Crippen LogP contribution in [0.2, 0.25) is 6.04 Å². The minimum absolute atomic E-state index is 0.786. The van der Waals surface area contributed by atoms with E-state index in [2.05, 4.69) is 55.6 Å². The summed E-state index contributed by atoms with van der Waals surface area (Å²) in [6.45, 7) is 20.3. The zero-order valence-electron chi connectivity index (χ0n) is 19.3. The van der Waals surface area contributed by atoms with Crippen molar-refractivity contribution in [1.82, 2.24) is 14.0 Å². The average molecular weight is 425 g/mol. The molecular weight excluding hydrogens is 379 g/mol. The highest BCUT2D eigenvalue weighted by atomic mass is 31.2. The molecule has 0 aliphatic carbocycles. The van der Waals surface area contributed by atoms with Crippen molar-refractivity contribution in [3.63, 3.8) is 0 Å². The summed E-state index contributed by atoms with van der Waals surface area (Å²) in [5, 5.41) is 0. The maximum Gasteiger partial charge on any atom is 0.500 e. The molecule has 0 aromatic carbocycles. The van der Waals surface area contributed by atoms with E-state index < -0.39 is 16.3 Å². The van der Waals surface area contributed by atoms with Crippen LogP contribution in [-0.4, -0.2) is 90.0 Å². The SMILES string of the molecule is CCN(CC)P(=NCCC[Si](OC)(OC)OC)(N(CC)CC)N(CC)CC. The van der Waals surface area contributed by atoms with Crippen LogP contribution in [0.5, 0.6) is 0 Å². The second-order valence-electron chi connectivity index (χ2n) is 6.22. The lowest BCUT2D eigenvalue weighted by Crippen LogP contribution is -2.43. The van der Waals surface area contributed by atoms with Crippen LogP contribution < -0.4 is 0 Å². The molecule has 0 saturated carbocycles. The molecule has 0 unspecified atom stereocenters. The minimum atomic E-state index is -2.53. The Labute approximate surface area is 169 Å². The van der Waals surface area contributed by atoms with Crippen LogP contribution >= 0.6 is 7.51 Å². The second kappa shape index (κ2) is 14.2. The van der Waals surface area contributed by atoms with Crippen molar-refractivity contribution in [2.75, 3.05) is 67.1 Å². The maximum atomic E-state index is 5.57. The van der Waals surface area contributed by atoms with Gasteiger partial charge in [0.1, 0.15) is 0 Å². The van der Waals surface area contributed by atoms with E-state index in [1.807, 2.05) is 0 Å². The van der Waals surface area contributed by atoms with Gasteiger partial charge >= 0.3 is 8.80 Å². The first-order chi connectivity index (χ1) is 12.9. The molecule has 0 N–H and O–H groups in total. The molecule has 0 saturated heterocycles. The Morgan fingerprint density at radius 3 is 1.26 bits per heavy atom. The lowest BCUT2D eigenvalue weighted by molar-refractivity contribution is 0.123. The third-order valence-corrected chi connectivity index (χ3v) is 12.6. The molecule has 0 amide bonds. The van der Waals surface area contributed by atoms with Crippen molar-refractivity contribution in [3.8, 4) is 0 Å². The van der Waals surface area contributed by atoms with E-state index in [-0.39, 0.29) is 0 Å². The fourth-order valence-corrected chi connectivity index (χ4v) is 9.67. The summed E-state index contributed by atoms with van der Waals surface area (Å²) in [6, 6.07) is 0.786.